The maximum Gasteiger partial charge on any atom is 0.0317 e. The van der Waals surface area contributed by atoms with Crippen molar-refractivity contribution < 1.29 is 0 Å². The minimum Gasteiger partial charge on any atom is -0.399 e. The van der Waals surface area contributed by atoms with E-state index in [1.165, 1.54) is 30.4 Å². The van der Waals surface area contributed by atoms with Gasteiger partial charge in [-0.1, -0.05) is 46.6 Å². The zero-order chi connectivity index (χ0) is 12.2. The number of nitrogens with two attached hydrogens (primary N) is 1. The third-order valence-electron chi connectivity index (χ3n) is 3.40. The molecule has 0 aliphatic carbocycles. The highest BCUT2D eigenvalue weighted by Gasteiger charge is 2.22. The van der Waals surface area contributed by atoms with E-state index >= 15 is 0 Å². The van der Waals surface area contributed by atoms with E-state index in [4.69, 9.17) is 5.73 Å². The smallest absolute Gasteiger partial charge is 0.0317 e. The van der Waals surface area contributed by atoms with Crippen LogP contribution < -0.4 is 5.73 Å². The molecule has 0 spiro atoms. The largest absolute Gasteiger partial charge is 0.399 e. The summed E-state index contributed by atoms with van der Waals surface area (Å²) in [6, 6.07) is 6.35. The molecule has 0 radical (unpaired) electrons. The van der Waals surface area contributed by atoms with E-state index in [-0.39, 0.29) is 5.41 Å². The summed E-state index contributed by atoms with van der Waals surface area (Å²) < 4.78 is 0. The van der Waals surface area contributed by atoms with Crippen LogP contribution in [0.3, 0.4) is 0 Å². The molecule has 0 fully saturated rings. The van der Waals surface area contributed by atoms with Gasteiger partial charge >= 0.3 is 0 Å². The molecule has 1 heteroatoms. The van der Waals surface area contributed by atoms with Crippen LogP contribution in [-0.4, -0.2) is 0 Å². The summed E-state index contributed by atoms with van der Waals surface area (Å²) >= 11 is 0. The van der Waals surface area contributed by atoms with Crippen LogP contribution in [0.25, 0.3) is 0 Å². The molecule has 2 N–H and O–H groups in total. The highest BCUT2D eigenvalue weighted by atomic mass is 14.5. The molecule has 0 atom stereocenters. The Morgan fingerprint density at radius 3 is 2.44 bits per heavy atom. The summed E-state index contributed by atoms with van der Waals surface area (Å²) in [5.41, 5.74) is 9.91. The van der Waals surface area contributed by atoms with Gasteiger partial charge in [0.15, 0.2) is 0 Å². The summed E-state index contributed by atoms with van der Waals surface area (Å²) in [5.74, 6) is 0. The molecular formula is C15H25N. The Labute approximate surface area is 100 Å². The number of rotatable bonds is 5. The summed E-state index contributed by atoms with van der Waals surface area (Å²) in [7, 11) is 0. The molecule has 0 saturated heterocycles. The third kappa shape index (κ3) is 3.01. The van der Waals surface area contributed by atoms with E-state index in [0.717, 1.165) is 12.1 Å². The zero-order valence-corrected chi connectivity index (χ0v) is 11.1. The van der Waals surface area contributed by atoms with Gasteiger partial charge in [0.25, 0.3) is 0 Å². The fraction of sp³-hybridized carbons (Fsp3) is 0.600. The quantitative estimate of drug-likeness (QED) is 0.734. The Hall–Kier alpha value is -0.980. The first-order chi connectivity index (χ1) is 7.51. The number of aryl methyl sites for hydroxylation is 1. The first-order valence-electron chi connectivity index (χ1n) is 6.40. The molecule has 0 aliphatic heterocycles. The van der Waals surface area contributed by atoms with Gasteiger partial charge in [0, 0.05) is 5.69 Å². The Morgan fingerprint density at radius 1 is 1.19 bits per heavy atom. The molecule has 0 heterocycles. The van der Waals surface area contributed by atoms with Crippen molar-refractivity contribution in [3.63, 3.8) is 0 Å². The van der Waals surface area contributed by atoms with Gasteiger partial charge < -0.3 is 5.73 Å². The first-order valence-corrected chi connectivity index (χ1v) is 6.40. The van der Waals surface area contributed by atoms with E-state index in [1.807, 2.05) is 6.07 Å². The molecule has 1 nitrogen and oxygen atoms in total. The van der Waals surface area contributed by atoms with E-state index in [1.54, 1.807) is 0 Å². The monoisotopic (exact) mass is 219 g/mol. The van der Waals surface area contributed by atoms with E-state index in [9.17, 15) is 0 Å². The molecule has 0 amide bonds. The Morgan fingerprint density at radius 2 is 1.88 bits per heavy atom. The summed E-state index contributed by atoms with van der Waals surface area (Å²) in [4.78, 5) is 0. The lowest BCUT2D eigenvalue weighted by Gasteiger charge is -2.28. The van der Waals surface area contributed by atoms with Crippen LogP contribution in [0.5, 0.6) is 0 Å². The Balaban J connectivity index is 3.04. The minimum absolute atomic E-state index is 0.247. The highest BCUT2D eigenvalue weighted by molar-refractivity contribution is 5.47. The van der Waals surface area contributed by atoms with Crippen LogP contribution in [-0.2, 0) is 11.8 Å². The summed E-state index contributed by atoms with van der Waals surface area (Å²) in [6.45, 7) is 9.12. The number of hydrogen-bond donors (Lipinski definition) is 1. The third-order valence-corrected chi connectivity index (χ3v) is 3.40. The molecule has 1 rings (SSSR count). The molecule has 0 bridgehead atoms. The predicted octanol–water partition coefficient (Wildman–Crippen LogP) is 4.30. The molecule has 0 aromatic heterocycles. The minimum atomic E-state index is 0.247. The van der Waals surface area contributed by atoms with E-state index < -0.39 is 0 Å². The normalized spacial score (nSPS) is 11.8. The molecule has 0 aliphatic rings. The Bertz CT molecular complexity index is 339. The van der Waals surface area contributed by atoms with E-state index in [0.29, 0.717) is 0 Å². The van der Waals surface area contributed by atoms with Crippen LogP contribution in [0.15, 0.2) is 18.2 Å². The lowest BCUT2D eigenvalue weighted by Crippen LogP contribution is -2.19. The number of unbranched alkanes of at least 4 members (excludes halogenated alkanes) is 1. The standard InChI is InChI=1S/C15H25N/c1-5-7-10-15(3,4)14-11-13(16)9-8-12(14)6-2/h8-9,11H,5-7,10,16H2,1-4H3. The maximum atomic E-state index is 5.91. The van der Waals surface area contributed by atoms with Gasteiger partial charge in [-0.2, -0.15) is 0 Å². The highest BCUT2D eigenvalue weighted by Crippen LogP contribution is 2.33. The number of hydrogen-bond acceptors (Lipinski definition) is 1. The fourth-order valence-electron chi connectivity index (χ4n) is 2.29. The van der Waals surface area contributed by atoms with Crippen LogP contribution in [0.1, 0.15) is 58.1 Å². The molecule has 16 heavy (non-hydrogen) atoms. The molecule has 90 valence electrons. The molecule has 0 unspecified atom stereocenters. The summed E-state index contributed by atoms with van der Waals surface area (Å²) in [6.07, 6.45) is 4.86. The van der Waals surface area contributed by atoms with Crippen LogP contribution in [0.4, 0.5) is 5.69 Å². The topological polar surface area (TPSA) is 26.0 Å². The number of anilines is 1. The lowest BCUT2D eigenvalue weighted by atomic mass is 9.77. The first kappa shape index (κ1) is 13.1. The molecule has 1 aromatic carbocycles. The van der Waals surface area contributed by atoms with Crippen LogP contribution in [0.2, 0.25) is 0 Å². The fourth-order valence-corrected chi connectivity index (χ4v) is 2.29. The number of benzene rings is 1. The van der Waals surface area contributed by atoms with Crippen molar-refractivity contribution in [3.8, 4) is 0 Å². The van der Waals surface area contributed by atoms with Crippen molar-refractivity contribution in [1.29, 1.82) is 0 Å². The van der Waals surface area contributed by atoms with Crippen molar-refractivity contribution in [2.75, 3.05) is 5.73 Å². The predicted molar refractivity (Wildman–Crippen MR) is 72.8 cm³/mol. The molecular weight excluding hydrogens is 194 g/mol. The van der Waals surface area contributed by atoms with Crippen molar-refractivity contribution in [3.05, 3.63) is 29.3 Å². The van der Waals surface area contributed by atoms with Crippen molar-refractivity contribution in [2.24, 2.45) is 0 Å². The van der Waals surface area contributed by atoms with Gasteiger partial charge in [0.1, 0.15) is 0 Å². The van der Waals surface area contributed by atoms with Gasteiger partial charge in [-0.15, -0.1) is 0 Å². The second-order valence-electron chi connectivity index (χ2n) is 5.26. The Kier molecular flexibility index (Phi) is 4.40. The van der Waals surface area contributed by atoms with Gasteiger partial charge in [-0.25, -0.2) is 0 Å². The summed E-state index contributed by atoms with van der Waals surface area (Å²) in [5, 5.41) is 0. The molecule has 0 saturated carbocycles. The van der Waals surface area contributed by atoms with Crippen LogP contribution in [0, 0.1) is 0 Å². The lowest BCUT2D eigenvalue weighted by molar-refractivity contribution is 0.454. The number of nitrogen functional groups attached to an aromatic ring is 1. The van der Waals surface area contributed by atoms with Crippen molar-refractivity contribution >= 4 is 5.69 Å². The van der Waals surface area contributed by atoms with Crippen molar-refractivity contribution in [1.82, 2.24) is 0 Å². The average Bonchev–Trinajstić information content (AvgIpc) is 2.26. The second kappa shape index (κ2) is 5.38. The van der Waals surface area contributed by atoms with Gasteiger partial charge in [-0.05, 0) is 41.5 Å². The average molecular weight is 219 g/mol. The zero-order valence-electron chi connectivity index (χ0n) is 11.1. The maximum absolute atomic E-state index is 5.91. The van der Waals surface area contributed by atoms with Gasteiger partial charge in [-0.3, -0.25) is 0 Å². The van der Waals surface area contributed by atoms with Crippen molar-refractivity contribution in [2.45, 2.75) is 58.8 Å². The SMILES string of the molecule is CCCCC(C)(C)c1cc(N)ccc1CC. The molecule has 1 aromatic rings. The van der Waals surface area contributed by atoms with Gasteiger partial charge in [0.05, 0.1) is 0 Å². The second-order valence-corrected chi connectivity index (χ2v) is 5.26. The van der Waals surface area contributed by atoms with Gasteiger partial charge in [0.2, 0.25) is 0 Å². The van der Waals surface area contributed by atoms with Crippen LogP contribution >= 0.6 is 0 Å². The van der Waals surface area contributed by atoms with E-state index in [2.05, 4.69) is 39.8 Å².